The molecule has 4 heteroatoms. The van der Waals surface area contributed by atoms with Crippen LogP contribution >= 0.6 is 0 Å². The Bertz CT molecular complexity index is 477. The van der Waals surface area contributed by atoms with Crippen LogP contribution < -0.4 is 11.1 Å². The number of nitrogen functional groups attached to an aromatic ring is 1. The standard InChI is InChI=1S/C17H25N3O/c1-12(17(21)19-16-8-6-15(18)7-9-16)20(10-13-2-3-13)11-14-4-5-14/h6-9,12-14H,2-5,10-11,18H2,1H3,(H,19,21). The molecule has 1 aromatic carbocycles. The minimum atomic E-state index is -0.0660. The van der Waals surface area contributed by atoms with Gasteiger partial charge in [-0.2, -0.15) is 0 Å². The van der Waals surface area contributed by atoms with Crippen molar-refractivity contribution in [1.82, 2.24) is 4.90 Å². The number of benzene rings is 1. The lowest BCUT2D eigenvalue weighted by Gasteiger charge is -2.28. The van der Waals surface area contributed by atoms with Gasteiger partial charge in [0.25, 0.3) is 0 Å². The molecule has 2 aliphatic rings. The average molecular weight is 287 g/mol. The molecule has 3 N–H and O–H groups in total. The fraction of sp³-hybridized carbons (Fsp3) is 0.588. The van der Waals surface area contributed by atoms with Crippen LogP contribution in [0.4, 0.5) is 11.4 Å². The van der Waals surface area contributed by atoms with Gasteiger partial charge in [-0.25, -0.2) is 0 Å². The second-order valence-corrected chi connectivity index (χ2v) is 6.63. The summed E-state index contributed by atoms with van der Waals surface area (Å²) in [5.74, 6) is 1.71. The molecule has 1 unspecified atom stereocenters. The summed E-state index contributed by atoms with van der Waals surface area (Å²) in [6.45, 7) is 4.18. The van der Waals surface area contributed by atoms with E-state index in [1.165, 1.54) is 25.7 Å². The number of hydrogen-bond donors (Lipinski definition) is 2. The van der Waals surface area contributed by atoms with E-state index in [4.69, 9.17) is 5.73 Å². The Morgan fingerprint density at radius 1 is 1.19 bits per heavy atom. The summed E-state index contributed by atoms with van der Waals surface area (Å²) in [6, 6.07) is 7.26. The lowest BCUT2D eigenvalue weighted by molar-refractivity contribution is -0.120. The smallest absolute Gasteiger partial charge is 0.241 e. The summed E-state index contributed by atoms with van der Waals surface area (Å²) in [4.78, 5) is 14.8. The third-order valence-electron chi connectivity index (χ3n) is 4.48. The van der Waals surface area contributed by atoms with Crippen LogP contribution in [0.1, 0.15) is 32.6 Å². The van der Waals surface area contributed by atoms with Crippen molar-refractivity contribution in [2.24, 2.45) is 11.8 Å². The minimum absolute atomic E-state index is 0.0660. The van der Waals surface area contributed by atoms with E-state index < -0.39 is 0 Å². The molecule has 2 saturated carbocycles. The van der Waals surface area contributed by atoms with E-state index in [1.807, 2.05) is 31.2 Å². The molecule has 114 valence electrons. The average Bonchev–Trinajstić information content (AvgIpc) is 3.35. The van der Waals surface area contributed by atoms with Gasteiger partial charge in [0, 0.05) is 24.5 Å². The van der Waals surface area contributed by atoms with Crippen molar-refractivity contribution in [1.29, 1.82) is 0 Å². The highest BCUT2D eigenvalue weighted by Gasteiger charge is 2.33. The van der Waals surface area contributed by atoms with Crippen molar-refractivity contribution in [2.45, 2.75) is 38.6 Å². The largest absolute Gasteiger partial charge is 0.399 e. The van der Waals surface area contributed by atoms with Crippen molar-refractivity contribution >= 4 is 17.3 Å². The Labute approximate surface area is 126 Å². The monoisotopic (exact) mass is 287 g/mol. The van der Waals surface area contributed by atoms with Crippen LogP contribution in [0.25, 0.3) is 0 Å². The normalized spacial score (nSPS) is 19.5. The number of nitrogens with one attached hydrogen (secondary N) is 1. The number of nitrogens with two attached hydrogens (primary N) is 1. The number of carbonyl (C=O) groups excluding carboxylic acids is 1. The van der Waals surface area contributed by atoms with Gasteiger partial charge in [0.05, 0.1) is 6.04 Å². The zero-order chi connectivity index (χ0) is 14.8. The molecule has 1 aromatic rings. The van der Waals surface area contributed by atoms with Crippen molar-refractivity contribution in [3.8, 4) is 0 Å². The molecule has 1 amide bonds. The van der Waals surface area contributed by atoms with Crippen molar-refractivity contribution in [3.05, 3.63) is 24.3 Å². The van der Waals surface area contributed by atoms with E-state index in [0.717, 1.165) is 30.6 Å². The Hall–Kier alpha value is -1.55. The molecule has 4 nitrogen and oxygen atoms in total. The van der Waals surface area contributed by atoms with Crippen molar-refractivity contribution < 1.29 is 4.79 Å². The molecule has 2 aliphatic carbocycles. The quantitative estimate of drug-likeness (QED) is 0.758. The Balaban J connectivity index is 1.58. The summed E-state index contributed by atoms with van der Waals surface area (Å²) in [7, 11) is 0. The molecule has 21 heavy (non-hydrogen) atoms. The zero-order valence-electron chi connectivity index (χ0n) is 12.7. The van der Waals surface area contributed by atoms with Crippen molar-refractivity contribution in [2.75, 3.05) is 24.1 Å². The molecule has 0 heterocycles. The Kier molecular flexibility index (Phi) is 4.15. The van der Waals surface area contributed by atoms with Crippen molar-refractivity contribution in [3.63, 3.8) is 0 Å². The van der Waals surface area contributed by atoms with Gasteiger partial charge in [-0.3, -0.25) is 9.69 Å². The van der Waals surface area contributed by atoms with E-state index in [9.17, 15) is 4.79 Å². The van der Waals surface area contributed by atoms with E-state index in [0.29, 0.717) is 5.69 Å². The molecule has 0 saturated heterocycles. The lowest BCUT2D eigenvalue weighted by atomic mass is 10.2. The molecule has 1 atom stereocenters. The highest BCUT2D eigenvalue weighted by molar-refractivity contribution is 5.94. The second-order valence-electron chi connectivity index (χ2n) is 6.63. The van der Waals surface area contributed by atoms with Gasteiger partial charge in [-0.05, 0) is 68.7 Å². The van der Waals surface area contributed by atoms with Crippen LogP contribution in [-0.4, -0.2) is 29.9 Å². The molecule has 2 fully saturated rings. The van der Waals surface area contributed by atoms with Gasteiger partial charge in [0.1, 0.15) is 0 Å². The number of anilines is 2. The minimum Gasteiger partial charge on any atom is -0.399 e. The van der Waals surface area contributed by atoms with E-state index in [-0.39, 0.29) is 11.9 Å². The molecule has 0 aliphatic heterocycles. The molecular formula is C17H25N3O. The van der Waals surface area contributed by atoms with Crippen LogP contribution in [0.2, 0.25) is 0 Å². The summed E-state index contributed by atoms with van der Waals surface area (Å²) in [6.07, 6.45) is 5.31. The van der Waals surface area contributed by atoms with Gasteiger partial charge >= 0.3 is 0 Å². The van der Waals surface area contributed by atoms with Crippen LogP contribution in [0.3, 0.4) is 0 Å². The third kappa shape index (κ3) is 4.21. The maximum absolute atomic E-state index is 12.5. The summed E-state index contributed by atoms with van der Waals surface area (Å²) in [5.41, 5.74) is 7.20. The van der Waals surface area contributed by atoms with Gasteiger partial charge in [0.2, 0.25) is 5.91 Å². The first-order chi connectivity index (χ1) is 10.1. The maximum Gasteiger partial charge on any atom is 0.241 e. The highest BCUT2D eigenvalue weighted by Crippen LogP contribution is 2.34. The first-order valence-corrected chi connectivity index (χ1v) is 8.02. The maximum atomic E-state index is 12.5. The van der Waals surface area contributed by atoms with E-state index >= 15 is 0 Å². The Morgan fingerprint density at radius 2 is 1.71 bits per heavy atom. The number of nitrogens with zero attached hydrogens (tertiary/aromatic N) is 1. The van der Waals surface area contributed by atoms with Crippen LogP contribution in [0, 0.1) is 11.8 Å². The summed E-state index contributed by atoms with van der Waals surface area (Å²) < 4.78 is 0. The van der Waals surface area contributed by atoms with Crippen LogP contribution in [0.15, 0.2) is 24.3 Å². The van der Waals surface area contributed by atoms with Gasteiger partial charge in [0.15, 0.2) is 0 Å². The topological polar surface area (TPSA) is 58.4 Å². The molecule has 0 spiro atoms. The number of rotatable bonds is 7. The SMILES string of the molecule is CC(C(=O)Nc1ccc(N)cc1)N(CC1CC1)CC1CC1. The van der Waals surface area contributed by atoms with Gasteiger partial charge in [-0.15, -0.1) is 0 Å². The predicted octanol–water partition coefficient (Wildman–Crippen LogP) is 2.72. The van der Waals surface area contributed by atoms with Gasteiger partial charge < -0.3 is 11.1 Å². The molecular weight excluding hydrogens is 262 g/mol. The number of hydrogen-bond acceptors (Lipinski definition) is 3. The highest BCUT2D eigenvalue weighted by atomic mass is 16.2. The third-order valence-corrected chi connectivity index (χ3v) is 4.48. The van der Waals surface area contributed by atoms with E-state index in [2.05, 4.69) is 10.2 Å². The fourth-order valence-electron chi connectivity index (χ4n) is 2.63. The first-order valence-electron chi connectivity index (χ1n) is 8.02. The van der Waals surface area contributed by atoms with Crippen LogP contribution in [-0.2, 0) is 4.79 Å². The summed E-state index contributed by atoms with van der Waals surface area (Å²) >= 11 is 0. The molecule has 3 rings (SSSR count). The summed E-state index contributed by atoms with van der Waals surface area (Å²) in [5, 5.41) is 3.00. The molecule has 0 radical (unpaired) electrons. The molecule has 0 bridgehead atoms. The predicted molar refractivity (Wildman–Crippen MR) is 86.0 cm³/mol. The first kappa shape index (κ1) is 14.4. The van der Waals surface area contributed by atoms with E-state index in [1.54, 1.807) is 0 Å². The Morgan fingerprint density at radius 3 is 2.19 bits per heavy atom. The number of carbonyl (C=O) groups is 1. The second kappa shape index (κ2) is 6.06. The fourth-order valence-corrected chi connectivity index (χ4v) is 2.63. The van der Waals surface area contributed by atoms with Gasteiger partial charge in [-0.1, -0.05) is 0 Å². The molecule has 0 aromatic heterocycles. The zero-order valence-corrected chi connectivity index (χ0v) is 12.7. The lowest BCUT2D eigenvalue weighted by Crippen LogP contribution is -2.44. The number of amides is 1. The van der Waals surface area contributed by atoms with Crippen LogP contribution in [0.5, 0.6) is 0 Å².